The summed E-state index contributed by atoms with van der Waals surface area (Å²) in [5.41, 5.74) is 0.488. The first-order chi connectivity index (χ1) is 12.9. The van der Waals surface area contributed by atoms with Crippen LogP contribution in [0, 0.1) is 0 Å². The lowest BCUT2D eigenvalue weighted by Crippen LogP contribution is -2.53. The van der Waals surface area contributed by atoms with Crippen LogP contribution in [0.2, 0.25) is 10.0 Å². The molecule has 1 saturated heterocycles. The van der Waals surface area contributed by atoms with E-state index in [1.807, 2.05) is 23.9 Å². The molecule has 144 valence electrons. The summed E-state index contributed by atoms with van der Waals surface area (Å²) in [6.07, 6.45) is 2.61. The number of aromatic nitrogens is 2. The second kappa shape index (κ2) is 7.08. The number of halogens is 2. The van der Waals surface area contributed by atoms with E-state index in [0.29, 0.717) is 34.0 Å². The molecule has 0 spiro atoms. The van der Waals surface area contributed by atoms with Crippen molar-refractivity contribution in [2.45, 2.75) is 37.8 Å². The lowest BCUT2D eigenvalue weighted by molar-refractivity contribution is -0.136. The zero-order valence-corrected chi connectivity index (χ0v) is 16.9. The Hall–Kier alpha value is -1.63. The minimum Gasteiger partial charge on any atom is -0.338 e. The molecule has 1 amide bonds. The third-order valence-electron chi connectivity index (χ3n) is 5.56. The summed E-state index contributed by atoms with van der Waals surface area (Å²) < 4.78 is 1.76. The number of benzene rings is 1. The molecule has 6 nitrogen and oxygen atoms in total. The van der Waals surface area contributed by atoms with Crippen molar-refractivity contribution in [2.75, 3.05) is 27.2 Å². The molecule has 2 aromatic rings. The molecule has 1 aromatic carbocycles. The summed E-state index contributed by atoms with van der Waals surface area (Å²) in [5.74, 6) is 0.982. The van der Waals surface area contributed by atoms with E-state index in [4.69, 9.17) is 28.2 Å². The second-order valence-corrected chi connectivity index (χ2v) is 8.45. The minimum absolute atomic E-state index is 0.0742. The maximum absolute atomic E-state index is 13.0. The van der Waals surface area contributed by atoms with Crippen molar-refractivity contribution in [3.63, 3.8) is 0 Å². The van der Waals surface area contributed by atoms with Gasteiger partial charge >= 0.3 is 0 Å². The molecule has 0 N–H and O–H groups in total. The molecule has 8 heteroatoms. The lowest BCUT2D eigenvalue weighted by atomic mass is 9.83. The van der Waals surface area contributed by atoms with Crippen molar-refractivity contribution in [1.29, 1.82) is 0 Å². The number of carbonyl (C=O) groups is 1. The van der Waals surface area contributed by atoms with Gasteiger partial charge in [-0.25, -0.2) is 4.98 Å². The molecule has 0 radical (unpaired) electrons. The number of likely N-dealkylation sites (tertiary alicyclic amines) is 1. The largest absolute Gasteiger partial charge is 0.338 e. The molecule has 1 fully saturated rings. The first kappa shape index (κ1) is 18.7. The number of piperidine rings is 1. The van der Waals surface area contributed by atoms with Gasteiger partial charge in [0.2, 0.25) is 5.91 Å². The van der Waals surface area contributed by atoms with Crippen LogP contribution >= 0.6 is 23.2 Å². The van der Waals surface area contributed by atoms with E-state index in [2.05, 4.69) is 0 Å². The van der Waals surface area contributed by atoms with E-state index >= 15 is 0 Å². The summed E-state index contributed by atoms with van der Waals surface area (Å²) in [7, 11) is 3.80. The van der Waals surface area contributed by atoms with Crippen LogP contribution in [0.25, 0.3) is 10.9 Å². The maximum atomic E-state index is 13.0. The molecule has 4 rings (SSSR count). The summed E-state index contributed by atoms with van der Waals surface area (Å²) >= 11 is 12.2. The Kier molecular flexibility index (Phi) is 4.91. The number of nitrogens with zero attached hydrogens (tertiary/aromatic N) is 4. The van der Waals surface area contributed by atoms with Gasteiger partial charge in [-0.2, -0.15) is 0 Å². The maximum Gasteiger partial charge on any atom is 0.261 e. The quantitative estimate of drug-likeness (QED) is 0.766. The Bertz CT molecular complexity index is 972. The standard InChI is InChI=1S/C19H22Cl2N4O2/c1-23(2)10-17(26)24-6-3-4-11-16(24)5-7-25-18(11)22-15-9-14(21)13(20)8-12(15)19(25)27/h8-9,11,16H,3-7,10H2,1-2H3/t11-,16+/m0/s1. The van der Waals surface area contributed by atoms with Gasteiger partial charge in [-0.1, -0.05) is 23.2 Å². The molecular formula is C19H22Cl2N4O2. The van der Waals surface area contributed by atoms with Crippen LogP contribution in [0.3, 0.4) is 0 Å². The predicted molar refractivity (Wildman–Crippen MR) is 107 cm³/mol. The van der Waals surface area contributed by atoms with Crippen LogP contribution in [0.4, 0.5) is 0 Å². The average molecular weight is 409 g/mol. The molecule has 0 aliphatic carbocycles. The van der Waals surface area contributed by atoms with Crippen molar-refractivity contribution in [3.8, 4) is 0 Å². The Balaban J connectivity index is 1.77. The molecule has 2 atom stereocenters. The fourth-order valence-electron chi connectivity index (χ4n) is 4.38. The fraction of sp³-hybridized carbons (Fsp3) is 0.526. The Morgan fingerprint density at radius 1 is 1.22 bits per heavy atom. The molecule has 27 heavy (non-hydrogen) atoms. The van der Waals surface area contributed by atoms with Gasteiger partial charge in [-0.3, -0.25) is 14.2 Å². The first-order valence-corrected chi connectivity index (χ1v) is 9.96. The Labute approximate surface area is 167 Å². The van der Waals surface area contributed by atoms with Gasteiger partial charge in [0.1, 0.15) is 5.82 Å². The third kappa shape index (κ3) is 3.24. The highest BCUT2D eigenvalue weighted by atomic mass is 35.5. The molecule has 2 aliphatic rings. The van der Waals surface area contributed by atoms with Gasteiger partial charge in [-0.15, -0.1) is 0 Å². The topological polar surface area (TPSA) is 58.4 Å². The molecule has 0 saturated carbocycles. The Morgan fingerprint density at radius 2 is 1.96 bits per heavy atom. The molecular weight excluding hydrogens is 387 g/mol. The van der Waals surface area contributed by atoms with Crippen LogP contribution in [0.5, 0.6) is 0 Å². The highest BCUT2D eigenvalue weighted by Gasteiger charge is 2.40. The van der Waals surface area contributed by atoms with Gasteiger partial charge in [0.25, 0.3) is 5.56 Å². The average Bonchev–Trinajstić information content (AvgIpc) is 2.62. The van der Waals surface area contributed by atoms with Gasteiger partial charge in [-0.05, 0) is 45.5 Å². The van der Waals surface area contributed by atoms with E-state index < -0.39 is 0 Å². The number of hydrogen-bond acceptors (Lipinski definition) is 4. The second-order valence-electron chi connectivity index (χ2n) is 7.64. The molecule has 3 heterocycles. The molecule has 0 unspecified atom stereocenters. The summed E-state index contributed by atoms with van der Waals surface area (Å²) in [6.45, 7) is 1.73. The number of carbonyl (C=O) groups excluding carboxylic acids is 1. The Morgan fingerprint density at radius 3 is 2.70 bits per heavy atom. The van der Waals surface area contributed by atoms with E-state index in [0.717, 1.165) is 31.6 Å². The number of amides is 1. The van der Waals surface area contributed by atoms with E-state index in [1.54, 1.807) is 16.7 Å². The monoisotopic (exact) mass is 408 g/mol. The van der Waals surface area contributed by atoms with Crippen LogP contribution in [-0.4, -0.2) is 58.5 Å². The first-order valence-electron chi connectivity index (χ1n) is 9.20. The summed E-state index contributed by atoms with van der Waals surface area (Å²) in [6, 6.07) is 3.35. The highest BCUT2D eigenvalue weighted by Crippen LogP contribution is 2.37. The van der Waals surface area contributed by atoms with Gasteiger partial charge in [0.05, 0.1) is 27.5 Å². The van der Waals surface area contributed by atoms with Crippen molar-refractivity contribution in [1.82, 2.24) is 19.4 Å². The predicted octanol–water partition coefficient (Wildman–Crippen LogP) is 2.74. The van der Waals surface area contributed by atoms with Crippen LogP contribution in [-0.2, 0) is 11.3 Å². The number of rotatable bonds is 2. The number of likely N-dealkylation sites (N-methyl/N-ethyl adjacent to an activating group) is 1. The summed E-state index contributed by atoms with van der Waals surface area (Å²) in [5, 5.41) is 1.23. The minimum atomic E-state index is -0.0799. The van der Waals surface area contributed by atoms with E-state index in [9.17, 15) is 9.59 Å². The van der Waals surface area contributed by atoms with Crippen molar-refractivity contribution in [2.24, 2.45) is 0 Å². The van der Waals surface area contributed by atoms with Crippen LogP contribution < -0.4 is 5.56 Å². The molecule has 0 bridgehead atoms. The van der Waals surface area contributed by atoms with Crippen molar-refractivity contribution in [3.05, 3.63) is 38.4 Å². The normalized spacial score (nSPS) is 22.0. The van der Waals surface area contributed by atoms with Crippen molar-refractivity contribution < 1.29 is 4.79 Å². The SMILES string of the molecule is CN(C)CC(=O)N1CCC[C@@H]2c3nc4cc(Cl)c(Cl)cc4c(=O)n3CC[C@H]21. The number of fused-ring (bicyclic) bond motifs is 4. The number of hydrogen-bond donors (Lipinski definition) is 0. The van der Waals surface area contributed by atoms with Crippen LogP contribution in [0.1, 0.15) is 31.0 Å². The smallest absolute Gasteiger partial charge is 0.261 e. The molecule has 2 aliphatic heterocycles. The van der Waals surface area contributed by atoms with E-state index in [-0.39, 0.29) is 23.4 Å². The van der Waals surface area contributed by atoms with Crippen LogP contribution in [0.15, 0.2) is 16.9 Å². The van der Waals surface area contributed by atoms with Crippen molar-refractivity contribution >= 4 is 40.0 Å². The van der Waals surface area contributed by atoms with E-state index in [1.165, 1.54) is 0 Å². The zero-order chi connectivity index (χ0) is 19.3. The van der Waals surface area contributed by atoms with Gasteiger partial charge < -0.3 is 9.80 Å². The fourth-order valence-corrected chi connectivity index (χ4v) is 4.70. The highest BCUT2D eigenvalue weighted by molar-refractivity contribution is 6.42. The van der Waals surface area contributed by atoms with Gasteiger partial charge in [0.15, 0.2) is 0 Å². The molecule has 1 aromatic heterocycles. The lowest BCUT2D eigenvalue weighted by Gasteiger charge is -2.44. The van der Waals surface area contributed by atoms with Gasteiger partial charge in [0, 0.05) is 25.0 Å². The third-order valence-corrected chi connectivity index (χ3v) is 6.28. The zero-order valence-electron chi connectivity index (χ0n) is 15.4. The summed E-state index contributed by atoms with van der Waals surface area (Å²) in [4.78, 5) is 34.4.